The van der Waals surface area contributed by atoms with Gasteiger partial charge < -0.3 is 14.1 Å². The van der Waals surface area contributed by atoms with Gasteiger partial charge >= 0.3 is 5.97 Å². The van der Waals surface area contributed by atoms with Crippen LogP contribution in [-0.4, -0.2) is 25.7 Å². The molecule has 1 aromatic heterocycles. The Morgan fingerprint density at radius 3 is 2.79 bits per heavy atom. The maximum Gasteiger partial charge on any atom is 0.309 e. The highest BCUT2D eigenvalue weighted by Gasteiger charge is 2.28. The zero-order chi connectivity index (χ0) is 17.1. The molecule has 3 rings (SSSR count). The van der Waals surface area contributed by atoms with Crippen LogP contribution in [0.5, 0.6) is 0 Å². The summed E-state index contributed by atoms with van der Waals surface area (Å²) in [6.07, 6.45) is 3.21. The predicted octanol–water partition coefficient (Wildman–Crippen LogP) is 1.46. The summed E-state index contributed by atoms with van der Waals surface area (Å²) in [4.78, 5) is 25.8. The molecule has 1 aliphatic rings. The van der Waals surface area contributed by atoms with Crippen molar-refractivity contribution in [2.24, 2.45) is 5.92 Å². The van der Waals surface area contributed by atoms with E-state index in [4.69, 9.17) is 9.15 Å². The first kappa shape index (κ1) is 16.7. The highest BCUT2D eigenvalue weighted by atomic mass is 16.5. The van der Waals surface area contributed by atoms with Crippen LogP contribution in [0.15, 0.2) is 33.7 Å². The molecule has 128 valence electrons. The quantitative estimate of drug-likeness (QED) is 0.862. The molecule has 0 saturated carbocycles. The number of nitrogens with one attached hydrogen (secondary N) is 1. The van der Waals surface area contributed by atoms with Crippen molar-refractivity contribution in [1.29, 1.82) is 0 Å². The monoisotopic (exact) mass is 330 g/mol. The van der Waals surface area contributed by atoms with Crippen molar-refractivity contribution in [2.45, 2.75) is 33.2 Å². The van der Waals surface area contributed by atoms with E-state index in [1.807, 2.05) is 32.0 Å². The number of quaternary nitrogens is 1. The summed E-state index contributed by atoms with van der Waals surface area (Å²) in [6, 6.07) is 5.66. The predicted molar refractivity (Wildman–Crippen MR) is 91.0 cm³/mol. The molecule has 0 spiro atoms. The van der Waals surface area contributed by atoms with Gasteiger partial charge in [0.05, 0.1) is 36.6 Å². The molecule has 1 aliphatic heterocycles. The number of carbonyl (C=O) groups excluding carboxylic acids is 1. The third kappa shape index (κ3) is 3.51. The molecule has 0 radical (unpaired) electrons. The molecule has 2 aromatic rings. The lowest BCUT2D eigenvalue weighted by molar-refractivity contribution is -0.919. The average Bonchev–Trinajstić information content (AvgIpc) is 2.59. The lowest BCUT2D eigenvalue weighted by atomic mass is 9.96. The summed E-state index contributed by atoms with van der Waals surface area (Å²) in [7, 11) is 0. The summed E-state index contributed by atoms with van der Waals surface area (Å²) in [5.41, 5.74) is 2.44. The summed E-state index contributed by atoms with van der Waals surface area (Å²) >= 11 is 0. The number of esters is 1. The van der Waals surface area contributed by atoms with Gasteiger partial charge in [0.1, 0.15) is 18.4 Å². The topological polar surface area (TPSA) is 61.0 Å². The molecule has 0 aliphatic carbocycles. The lowest BCUT2D eigenvalue weighted by Gasteiger charge is -2.27. The number of likely N-dealkylation sites (tertiary alicyclic amines) is 1. The fraction of sp³-hybridized carbons (Fsp3) is 0.474. The third-order valence-corrected chi connectivity index (χ3v) is 4.75. The van der Waals surface area contributed by atoms with E-state index in [1.54, 1.807) is 6.26 Å². The van der Waals surface area contributed by atoms with Crippen LogP contribution in [0, 0.1) is 12.8 Å². The van der Waals surface area contributed by atoms with Crippen molar-refractivity contribution in [3.05, 3.63) is 45.8 Å². The molecule has 24 heavy (non-hydrogen) atoms. The standard InChI is InChI=1S/C19H23NO4/c1-3-23-19(22)14-6-8-20(9-7-14)11-15-12-24-17-5-4-13(2)10-16(17)18(15)21/h4-5,10,12,14H,3,6-9,11H2,1-2H3/p+1. The van der Waals surface area contributed by atoms with Crippen molar-refractivity contribution in [3.8, 4) is 0 Å². The number of ether oxygens (including phenoxy) is 1. The van der Waals surface area contributed by atoms with Gasteiger partial charge in [-0.25, -0.2) is 0 Å². The summed E-state index contributed by atoms with van der Waals surface area (Å²) in [5, 5.41) is 0.647. The molecule has 1 aromatic carbocycles. The highest BCUT2D eigenvalue weighted by molar-refractivity contribution is 5.77. The number of rotatable bonds is 4. The SMILES string of the molecule is CCOC(=O)C1CC[NH+](Cc2coc3ccc(C)cc3c2=O)CC1. The molecule has 5 heteroatoms. The molecule has 1 fully saturated rings. The average molecular weight is 330 g/mol. The zero-order valence-corrected chi connectivity index (χ0v) is 14.3. The van der Waals surface area contributed by atoms with Gasteiger partial charge in [0.2, 0.25) is 5.43 Å². The van der Waals surface area contributed by atoms with Crippen molar-refractivity contribution >= 4 is 16.9 Å². The molecular weight excluding hydrogens is 306 g/mol. The molecule has 0 bridgehead atoms. The van der Waals surface area contributed by atoms with Crippen LogP contribution in [0.1, 0.15) is 30.9 Å². The van der Waals surface area contributed by atoms with Crippen molar-refractivity contribution in [1.82, 2.24) is 0 Å². The first-order chi connectivity index (χ1) is 11.6. The number of fused-ring (bicyclic) bond motifs is 1. The van der Waals surface area contributed by atoms with Gasteiger partial charge in [-0.15, -0.1) is 0 Å². The van der Waals surface area contributed by atoms with Crippen molar-refractivity contribution in [3.63, 3.8) is 0 Å². The fourth-order valence-corrected chi connectivity index (χ4v) is 3.38. The van der Waals surface area contributed by atoms with Crippen LogP contribution in [0.4, 0.5) is 0 Å². The van der Waals surface area contributed by atoms with Gasteiger partial charge in [0.15, 0.2) is 0 Å². The number of hydrogen-bond donors (Lipinski definition) is 1. The number of piperidine rings is 1. The third-order valence-electron chi connectivity index (χ3n) is 4.75. The minimum Gasteiger partial charge on any atom is -0.466 e. The first-order valence-electron chi connectivity index (χ1n) is 8.59. The Kier molecular flexibility index (Phi) is 5.00. The van der Waals surface area contributed by atoms with E-state index < -0.39 is 0 Å². The van der Waals surface area contributed by atoms with Crippen LogP contribution >= 0.6 is 0 Å². The molecule has 1 N–H and O–H groups in total. The Bertz CT molecular complexity index is 788. The Labute approximate surface area is 141 Å². The summed E-state index contributed by atoms with van der Waals surface area (Å²) < 4.78 is 10.7. The van der Waals surface area contributed by atoms with E-state index in [1.165, 1.54) is 4.90 Å². The van der Waals surface area contributed by atoms with E-state index in [9.17, 15) is 9.59 Å². The minimum atomic E-state index is -0.0859. The normalized spacial score (nSPS) is 20.9. The Morgan fingerprint density at radius 2 is 2.08 bits per heavy atom. The molecular formula is C19H24NO4+. The molecule has 0 atom stereocenters. The lowest BCUT2D eigenvalue weighted by Crippen LogP contribution is -3.12. The molecule has 0 unspecified atom stereocenters. The van der Waals surface area contributed by atoms with Crippen molar-refractivity contribution < 1.29 is 18.8 Å². The number of benzene rings is 1. The van der Waals surface area contributed by atoms with Gasteiger partial charge in [0, 0.05) is 12.8 Å². The second-order valence-electron chi connectivity index (χ2n) is 6.54. The fourth-order valence-electron chi connectivity index (χ4n) is 3.38. The highest BCUT2D eigenvalue weighted by Crippen LogP contribution is 2.14. The van der Waals surface area contributed by atoms with Crippen LogP contribution < -0.4 is 10.3 Å². The Balaban J connectivity index is 1.69. The molecule has 0 amide bonds. The smallest absolute Gasteiger partial charge is 0.309 e. The second kappa shape index (κ2) is 7.18. The van der Waals surface area contributed by atoms with E-state index in [2.05, 4.69) is 0 Å². The summed E-state index contributed by atoms with van der Waals surface area (Å²) in [6.45, 7) is 6.62. The van der Waals surface area contributed by atoms with E-state index in [0.717, 1.165) is 31.5 Å². The molecule has 2 heterocycles. The van der Waals surface area contributed by atoms with Crippen LogP contribution in [0.25, 0.3) is 11.0 Å². The summed E-state index contributed by atoms with van der Waals surface area (Å²) in [5.74, 6) is -0.0818. The minimum absolute atomic E-state index is 0.00404. The number of hydrogen-bond acceptors (Lipinski definition) is 4. The maximum atomic E-state index is 12.7. The maximum absolute atomic E-state index is 12.7. The van der Waals surface area contributed by atoms with E-state index in [-0.39, 0.29) is 17.3 Å². The number of carbonyl (C=O) groups is 1. The zero-order valence-electron chi connectivity index (χ0n) is 14.3. The van der Waals surface area contributed by atoms with Crippen LogP contribution in [0.2, 0.25) is 0 Å². The van der Waals surface area contributed by atoms with E-state index >= 15 is 0 Å². The Morgan fingerprint density at radius 1 is 1.33 bits per heavy atom. The first-order valence-corrected chi connectivity index (χ1v) is 8.59. The Hall–Kier alpha value is -2.14. The van der Waals surface area contributed by atoms with Gasteiger partial charge in [-0.1, -0.05) is 11.6 Å². The van der Waals surface area contributed by atoms with Crippen molar-refractivity contribution in [2.75, 3.05) is 19.7 Å². The second-order valence-corrected chi connectivity index (χ2v) is 6.54. The molecule has 1 saturated heterocycles. The molecule has 5 nitrogen and oxygen atoms in total. The van der Waals surface area contributed by atoms with Gasteiger partial charge in [-0.3, -0.25) is 9.59 Å². The van der Waals surface area contributed by atoms with Crippen LogP contribution in [-0.2, 0) is 16.1 Å². The number of aryl methyl sites for hydroxylation is 1. The van der Waals surface area contributed by atoms with E-state index in [0.29, 0.717) is 29.7 Å². The van der Waals surface area contributed by atoms with Crippen LogP contribution in [0.3, 0.4) is 0 Å². The van der Waals surface area contributed by atoms with Gasteiger partial charge in [0.25, 0.3) is 0 Å². The van der Waals surface area contributed by atoms with Gasteiger partial charge in [-0.05, 0) is 26.0 Å². The van der Waals surface area contributed by atoms with Gasteiger partial charge in [-0.2, -0.15) is 0 Å². The largest absolute Gasteiger partial charge is 0.466 e.